The van der Waals surface area contributed by atoms with Crippen LogP contribution >= 0.6 is 0 Å². The average molecular weight is 962 g/mol. The molecule has 0 heterocycles. The van der Waals surface area contributed by atoms with Gasteiger partial charge in [0.15, 0.2) is 6.10 Å². The smallest absolute Gasteiger partial charge is 0.306 e. The van der Waals surface area contributed by atoms with E-state index in [1.54, 1.807) is 0 Å². The normalized spacial score (nSPS) is 11.9. The van der Waals surface area contributed by atoms with Gasteiger partial charge in [-0.15, -0.1) is 0 Å². The quantitative estimate of drug-likeness (QED) is 0.0343. The monoisotopic (exact) mass is 961 g/mol. The maximum atomic E-state index is 12.9. The molecule has 0 aliphatic carbocycles. The van der Waals surface area contributed by atoms with Crippen molar-refractivity contribution >= 4 is 17.9 Å². The molecular formula is C62H120O6. The summed E-state index contributed by atoms with van der Waals surface area (Å²) >= 11 is 0. The van der Waals surface area contributed by atoms with Crippen LogP contribution in [0, 0.1) is 0 Å². The Morgan fingerprint density at radius 1 is 0.235 bits per heavy atom. The van der Waals surface area contributed by atoms with Crippen molar-refractivity contribution < 1.29 is 28.6 Å². The number of carbonyl (C=O) groups is 3. The number of unbranched alkanes of at least 4 members (excludes halogenated alkanes) is 47. The molecule has 0 unspecified atom stereocenters. The summed E-state index contributed by atoms with van der Waals surface area (Å²) < 4.78 is 16.9. The molecule has 0 N–H and O–H groups in total. The van der Waals surface area contributed by atoms with E-state index in [1.807, 2.05) is 0 Å². The van der Waals surface area contributed by atoms with Gasteiger partial charge in [-0.3, -0.25) is 14.4 Å². The summed E-state index contributed by atoms with van der Waals surface area (Å²) in [6.07, 6.45) is 65.2. The van der Waals surface area contributed by atoms with Gasteiger partial charge >= 0.3 is 17.9 Å². The van der Waals surface area contributed by atoms with Crippen LogP contribution in [0.4, 0.5) is 0 Å². The second-order valence-electron chi connectivity index (χ2n) is 21.3. The molecule has 0 bridgehead atoms. The Kier molecular flexibility index (Phi) is 56.6. The van der Waals surface area contributed by atoms with Crippen LogP contribution in [0.25, 0.3) is 0 Å². The molecule has 0 aliphatic rings. The topological polar surface area (TPSA) is 78.9 Å². The second-order valence-corrected chi connectivity index (χ2v) is 21.3. The zero-order chi connectivity index (χ0) is 49.3. The first kappa shape index (κ1) is 66.4. The van der Waals surface area contributed by atoms with Crippen LogP contribution in [-0.2, 0) is 28.6 Å². The van der Waals surface area contributed by atoms with Gasteiger partial charge < -0.3 is 14.2 Å². The molecule has 0 rings (SSSR count). The van der Waals surface area contributed by atoms with E-state index in [1.165, 1.54) is 263 Å². The molecule has 0 aromatic heterocycles. The van der Waals surface area contributed by atoms with Gasteiger partial charge in [-0.05, 0) is 19.3 Å². The maximum absolute atomic E-state index is 12.9. The first-order valence-corrected chi connectivity index (χ1v) is 31.0. The van der Waals surface area contributed by atoms with Gasteiger partial charge in [0.05, 0.1) is 0 Å². The minimum atomic E-state index is -0.762. The van der Waals surface area contributed by atoms with Crippen LogP contribution in [-0.4, -0.2) is 37.2 Å². The summed E-state index contributed by atoms with van der Waals surface area (Å²) in [5.74, 6) is -0.826. The van der Waals surface area contributed by atoms with Crippen molar-refractivity contribution in [1.29, 1.82) is 0 Å². The highest BCUT2D eigenvalue weighted by molar-refractivity contribution is 5.71. The Bertz CT molecular complexity index is 1010. The predicted molar refractivity (Wildman–Crippen MR) is 294 cm³/mol. The third-order valence-electron chi connectivity index (χ3n) is 14.4. The molecule has 6 heteroatoms. The fourth-order valence-corrected chi connectivity index (χ4v) is 9.68. The lowest BCUT2D eigenvalue weighted by Crippen LogP contribution is -2.30. The molecule has 0 fully saturated rings. The molecule has 0 amide bonds. The van der Waals surface area contributed by atoms with Crippen molar-refractivity contribution in [2.45, 2.75) is 367 Å². The van der Waals surface area contributed by atoms with Gasteiger partial charge in [0, 0.05) is 19.3 Å². The molecule has 68 heavy (non-hydrogen) atoms. The highest BCUT2D eigenvalue weighted by Crippen LogP contribution is 2.18. The van der Waals surface area contributed by atoms with E-state index in [4.69, 9.17) is 14.2 Å². The Labute approximate surface area is 425 Å². The van der Waals surface area contributed by atoms with E-state index in [0.29, 0.717) is 19.3 Å². The summed E-state index contributed by atoms with van der Waals surface area (Å²) in [6, 6.07) is 0. The number of hydrogen-bond donors (Lipinski definition) is 0. The average Bonchev–Trinajstić information content (AvgIpc) is 3.34. The predicted octanol–water partition coefficient (Wildman–Crippen LogP) is 20.7. The van der Waals surface area contributed by atoms with Crippen molar-refractivity contribution in [1.82, 2.24) is 0 Å². The van der Waals surface area contributed by atoms with Gasteiger partial charge in [0.25, 0.3) is 0 Å². The van der Waals surface area contributed by atoms with Crippen LogP contribution in [0.2, 0.25) is 0 Å². The molecular weight excluding hydrogens is 841 g/mol. The summed E-state index contributed by atoms with van der Waals surface area (Å²) in [6.45, 7) is 6.73. The zero-order valence-corrected chi connectivity index (χ0v) is 46.4. The summed E-state index contributed by atoms with van der Waals surface area (Å²) in [5, 5.41) is 0. The molecule has 0 spiro atoms. The molecule has 404 valence electrons. The third-order valence-corrected chi connectivity index (χ3v) is 14.4. The molecule has 0 aromatic carbocycles. The fourth-order valence-electron chi connectivity index (χ4n) is 9.68. The maximum Gasteiger partial charge on any atom is 0.306 e. The van der Waals surface area contributed by atoms with Crippen molar-refractivity contribution in [2.24, 2.45) is 0 Å². The van der Waals surface area contributed by atoms with Gasteiger partial charge in [0.2, 0.25) is 0 Å². The van der Waals surface area contributed by atoms with E-state index < -0.39 is 6.10 Å². The van der Waals surface area contributed by atoms with Crippen molar-refractivity contribution in [3.05, 3.63) is 0 Å². The lowest BCUT2D eigenvalue weighted by atomic mass is 10.0. The third kappa shape index (κ3) is 55.3. The van der Waals surface area contributed by atoms with E-state index in [9.17, 15) is 14.4 Å². The number of ether oxygens (including phenoxy) is 3. The highest BCUT2D eigenvalue weighted by Gasteiger charge is 2.19. The van der Waals surface area contributed by atoms with Crippen LogP contribution in [0.15, 0.2) is 0 Å². The molecule has 0 saturated carbocycles. The van der Waals surface area contributed by atoms with Gasteiger partial charge in [-0.25, -0.2) is 0 Å². The van der Waals surface area contributed by atoms with E-state index in [2.05, 4.69) is 20.8 Å². The van der Waals surface area contributed by atoms with Crippen LogP contribution < -0.4 is 0 Å². The van der Waals surface area contributed by atoms with Crippen molar-refractivity contribution in [3.63, 3.8) is 0 Å². The highest BCUT2D eigenvalue weighted by atomic mass is 16.6. The van der Waals surface area contributed by atoms with Crippen LogP contribution in [0.3, 0.4) is 0 Å². The molecule has 1 atom stereocenters. The number of esters is 3. The lowest BCUT2D eigenvalue weighted by Gasteiger charge is -2.18. The van der Waals surface area contributed by atoms with E-state index in [0.717, 1.165) is 57.8 Å². The largest absolute Gasteiger partial charge is 0.462 e. The summed E-state index contributed by atoms with van der Waals surface area (Å²) in [5.41, 5.74) is 0. The Balaban J connectivity index is 4.29. The van der Waals surface area contributed by atoms with Gasteiger partial charge in [-0.1, -0.05) is 323 Å². The van der Waals surface area contributed by atoms with Crippen LogP contribution in [0.1, 0.15) is 361 Å². The summed E-state index contributed by atoms with van der Waals surface area (Å²) in [4.78, 5) is 38.2. The fraction of sp³-hybridized carbons (Fsp3) is 0.952. The van der Waals surface area contributed by atoms with E-state index in [-0.39, 0.29) is 31.1 Å². The van der Waals surface area contributed by atoms with E-state index >= 15 is 0 Å². The minimum absolute atomic E-state index is 0.0606. The Morgan fingerprint density at radius 3 is 0.588 bits per heavy atom. The molecule has 0 saturated heterocycles. The molecule has 0 aliphatic heterocycles. The van der Waals surface area contributed by atoms with Gasteiger partial charge in [0.1, 0.15) is 13.2 Å². The SMILES string of the molecule is CCCCCCCCCCCCCCCCCCCC(=O)OC[C@@H](COC(=O)CCCCCCCCCCCCCCCCCC)OC(=O)CCCCCCCCCCCCCCCCCCC. The molecule has 0 aromatic rings. The summed E-state index contributed by atoms with van der Waals surface area (Å²) in [7, 11) is 0. The molecule has 6 nitrogen and oxygen atoms in total. The Hall–Kier alpha value is -1.59. The Morgan fingerprint density at radius 2 is 0.397 bits per heavy atom. The minimum Gasteiger partial charge on any atom is -0.462 e. The second kappa shape index (κ2) is 58.0. The zero-order valence-electron chi connectivity index (χ0n) is 46.4. The number of carbonyl (C=O) groups excluding carboxylic acids is 3. The van der Waals surface area contributed by atoms with Crippen molar-refractivity contribution in [3.8, 4) is 0 Å². The van der Waals surface area contributed by atoms with Crippen molar-refractivity contribution in [2.75, 3.05) is 13.2 Å². The first-order valence-electron chi connectivity index (χ1n) is 31.0. The number of rotatable bonds is 58. The van der Waals surface area contributed by atoms with Gasteiger partial charge in [-0.2, -0.15) is 0 Å². The lowest BCUT2D eigenvalue weighted by molar-refractivity contribution is -0.167. The first-order chi connectivity index (χ1) is 33.5. The van der Waals surface area contributed by atoms with Crippen LogP contribution in [0.5, 0.6) is 0 Å². The molecule has 0 radical (unpaired) electrons. The standard InChI is InChI=1S/C62H120O6/c1-4-7-10-13-16-19-22-25-28-31-34-37-40-43-46-49-52-55-61(64)67-58-59(57-66-60(63)54-51-48-45-42-39-36-33-30-27-24-21-18-15-12-9-6-3)68-62(65)56-53-50-47-44-41-38-35-32-29-26-23-20-17-14-11-8-5-2/h59H,4-58H2,1-3H3/t59-/m1/s1. The number of hydrogen-bond acceptors (Lipinski definition) is 6.